The summed E-state index contributed by atoms with van der Waals surface area (Å²) in [6.07, 6.45) is 2.31. The van der Waals surface area contributed by atoms with Crippen molar-refractivity contribution in [2.24, 2.45) is 11.3 Å². The SMILES string of the molecule is CNC(=O)C1(Cc2cccc(-c3cccs3)c2)CCCN(C(=O)C(C)C)C1. The number of nitrogens with one attached hydrogen (secondary N) is 1. The van der Waals surface area contributed by atoms with E-state index in [4.69, 9.17) is 0 Å². The Hall–Kier alpha value is -2.14. The molecule has 1 atom stereocenters. The van der Waals surface area contributed by atoms with Gasteiger partial charge in [0.25, 0.3) is 0 Å². The number of piperidine rings is 1. The Morgan fingerprint density at radius 3 is 2.74 bits per heavy atom. The lowest BCUT2D eigenvalue weighted by atomic mass is 9.74. The number of carbonyl (C=O) groups is 2. The summed E-state index contributed by atoms with van der Waals surface area (Å²) in [7, 11) is 1.69. The van der Waals surface area contributed by atoms with E-state index < -0.39 is 5.41 Å². The number of hydrogen-bond donors (Lipinski definition) is 1. The number of carbonyl (C=O) groups excluding carboxylic acids is 2. The Morgan fingerprint density at radius 2 is 2.07 bits per heavy atom. The monoisotopic (exact) mass is 384 g/mol. The molecule has 144 valence electrons. The molecular formula is C22H28N2O2S. The van der Waals surface area contributed by atoms with Crippen LogP contribution in [0.25, 0.3) is 10.4 Å². The maximum absolute atomic E-state index is 12.9. The molecule has 2 amide bonds. The smallest absolute Gasteiger partial charge is 0.228 e. The summed E-state index contributed by atoms with van der Waals surface area (Å²) >= 11 is 1.72. The van der Waals surface area contributed by atoms with Crippen LogP contribution in [-0.4, -0.2) is 36.9 Å². The van der Waals surface area contributed by atoms with E-state index in [2.05, 4.69) is 47.1 Å². The van der Waals surface area contributed by atoms with Crippen LogP contribution in [0.3, 0.4) is 0 Å². The number of likely N-dealkylation sites (tertiary alicyclic amines) is 1. The van der Waals surface area contributed by atoms with Gasteiger partial charge in [-0.25, -0.2) is 0 Å². The van der Waals surface area contributed by atoms with Crippen molar-refractivity contribution in [2.75, 3.05) is 20.1 Å². The topological polar surface area (TPSA) is 49.4 Å². The summed E-state index contributed by atoms with van der Waals surface area (Å²) in [4.78, 5) is 28.6. The van der Waals surface area contributed by atoms with Gasteiger partial charge in [0.15, 0.2) is 0 Å². The lowest BCUT2D eigenvalue weighted by Gasteiger charge is -2.42. The van der Waals surface area contributed by atoms with E-state index in [-0.39, 0.29) is 17.7 Å². The molecule has 1 aliphatic rings. The molecule has 1 saturated heterocycles. The quantitative estimate of drug-likeness (QED) is 0.848. The Labute approximate surface area is 165 Å². The Morgan fingerprint density at radius 1 is 1.26 bits per heavy atom. The van der Waals surface area contributed by atoms with Crippen molar-refractivity contribution >= 4 is 23.2 Å². The largest absolute Gasteiger partial charge is 0.359 e. The second-order valence-electron chi connectivity index (χ2n) is 7.73. The van der Waals surface area contributed by atoms with Gasteiger partial charge in [-0.2, -0.15) is 0 Å². The second-order valence-corrected chi connectivity index (χ2v) is 8.68. The van der Waals surface area contributed by atoms with Crippen LogP contribution < -0.4 is 5.32 Å². The highest BCUT2D eigenvalue weighted by Gasteiger charge is 2.43. The third-order valence-corrected chi connectivity index (χ3v) is 6.29. The van der Waals surface area contributed by atoms with Gasteiger partial charge < -0.3 is 10.2 Å². The first-order chi connectivity index (χ1) is 12.9. The fourth-order valence-electron chi connectivity index (χ4n) is 4.03. The summed E-state index contributed by atoms with van der Waals surface area (Å²) in [6, 6.07) is 12.6. The average Bonchev–Trinajstić information content (AvgIpc) is 3.22. The number of hydrogen-bond acceptors (Lipinski definition) is 3. The number of amides is 2. The van der Waals surface area contributed by atoms with Crippen molar-refractivity contribution in [1.82, 2.24) is 10.2 Å². The van der Waals surface area contributed by atoms with Crippen LogP contribution in [0.1, 0.15) is 32.3 Å². The minimum Gasteiger partial charge on any atom is -0.359 e. The molecule has 0 radical (unpaired) electrons. The zero-order valence-corrected chi connectivity index (χ0v) is 17.1. The summed E-state index contributed by atoms with van der Waals surface area (Å²) in [5, 5.41) is 4.93. The zero-order valence-electron chi connectivity index (χ0n) is 16.3. The van der Waals surface area contributed by atoms with Gasteiger partial charge in [0.2, 0.25) is 11.8 Å². The number of benzene rings is 1. The number of rotatable bonds is 5. The summed E-state index contributed by atoms with van der Waals surface area (Å²) in [5.41, 5.74) is 1.76. The molecular weight excluding hydrogens is 356 g/mol. The van der Waals surface area contributed by atoms with Crippen molar-refractivity contribution in [1.29, 1.82) is 0 Å². The third-order valence-electron chi connectivity index (χ3n) is 5.37. The van der Waals surface area contributed by atoms with Crippen LogP contribution in [0, 0.1) is 11.3 Å². The molecule has 2 aromatic rings. The normalized spacial score (nSPS) is 19.9. The van der Waals surface area contributed by atoms with Crippen LogP contribution in [0.4, 0.5) is 0 Å². The van der Waals surface area contributed by atoms with Crippen LogP contribution in [0.15, 0.2) is 41.8 Å². The lowest BCUT2D eigenvalue weighted by Crippen LogP contribution is -2.54. The van der Waals surface area contributed by atoms with Crippen LogP contribution >= 0.6 is 11.3 Å². The molecule has 0 aliphatic carbocycles. The highest BCUT2D eigenvalue weighted by atomic mass is 32.1. The van der Waals surface area contributed by atoms with E-state index in [1.807, 2.05) is 18.7 Å². The molecule has 0 bridgehead atoms. The summed E-state index contributed by atoms with van der Waals surface area (Å²) < 4.78 is 0. The van der Waals surface area contributed by atoms with Crippen molar-refractivity contribution in [3.05, 3.63) is 47.3 Å². The first-order valence-corrected chi connectivity index (χ1v) is 10.5. The van der Waals surface area contributed by atoms with E-state index in [1.54, 1.807) is 18.4 Å². The van der Waals surface area contributed by atoms with Gasteiger partial charge in [-0.1, -0.05) is 44.2 Å². The molecule has 0 saturated carbocycles. The maximum Gasteiger partial charge on any atom is 0.228 e. The van der Waals surface area contributed by atoms with E-state index in [9.17, 15) is 9.59 Å². The molecule has 1 fully saturated rings. The van der Waals surface area contributed by atoms with Gasteiger partial charge in [-0.3, -0.25) is 9.59 Å². The predicted molar refractivity (Wildman–Crippen MR) is 111 cm³/mol. The van der Waals surface area contributed by atoms with Crippen molar-refractivity contribution < 1.29 is 9.59 Å². The van der Waals surface area contributed by atoms with Gasteiger partial charge in [-0.05, 0) is 41.8 Å². The molecule has 3 rings (SSSR count). The van der Waals surface area contributed by atoms with E-state index in [0.717, 1.165) is 24.9 Å². The maximum atomic E-state index is 12.9. The minimum atomic E-state index is -0.564. The molecule has 0 spiro atoms. The molecule has 1 aromatic heterocycles. The molecule has 4 nitrogen and oxygen atoms in total. The van der Waals surface area contributed by atoms with Gasteiger partial charge >= 0.3 is 0 Å². The Kier molecular flexibility index (Phi) is 6.00. The molecule has 1 aromatic carbocycles. The minimum absolute atomic E-state index is 0.0327. The second kappa shape index (κ2) is 8.26. The predicted octanol–water partition coefficient (Wildman–Crippen LogP) is 3.97. The standard InChI is InChI=1S/C22H28N2O2S/c1-16(2)20(25)24-11-6-10-22(15-24,21(26)23-3)14-17-7-4-8-18(13-17)19-9-5-12-27-19/h4-5,7-9,12-13,16H,6,10-11,14-15H2,1-3H3,(H,23,26). The van der Waals surface area contributed by atoms with Crippen LogP contribution in [0.5, 0.6) is 0 Å². The van der Waals surface area contributed by atoms with Crippen molar-refractivity contribution in [3.63, 3.8) is 0 Å². The average molecular weight is 385 g/mol. The zero-order chi connectivity index (χ0) is 19.4. The first-order valence-electron chi connectivity index (χ1n) is 9.59. The van der Waals surface area contributed by atoms with Crippen LogP contribution in [-0.2, 0) is 16.0 Å². The third kappa shape index (κ3) is 4.24. The summed E-state index contributed by atoms with van der Waals surface area (Å²) in [6.45, 7) is 5.07. The van der Waals surface area contributed by atoms with Crippen LogP contribution in [0.2, 0.25) is 0 Å². The highest BCUT2D eigenvalue weighted by molar-refractivity contribution is 7.13. The van der Waals surface area contributed by atoms with E-state index in [0.29, 0.717) is 13.0 Å². The molecule has 2 heterocycles. The Bertz CT molecular complexity index is 800. The number of nitrogens with zero attached hydrogens (tertiary/aromatic N) is 1. The van der Waals surface area contributed by atoms with Crippen molar-refractivity contribution in [3.8, 4) is 10.4 Å². The molecule has 5 heteroatoms. The fraction of sp³-hybridized carbons (Fsp3) is 0.455. The van der Waals surface area contributed by atoms with Gasteiger partial charge in [0.05, 0.1) is 5.41 Å². The summed E-state index contributed by atoms with van der Waals surface area (Å²) in [5.74, 6) is 0.119. The molecule has 27 heavy (non-hydrogen) atoms. The van der Waals surface area contributed by atoms with E-state index in [1.165, 1.54) is 10.4 Å². The van der Waals surface area contributed by atoms with Gasteiger partial charge in [0, 0.05) is 30.9 Å². The molecule has 1 N–H and O–H groups in total. The lowest BCUT2D eigenvalue weighted by molar-refractivity contribution is -0.143. The van der Waals surface area contributed by atoms with Crippen molar-refractivity contribution in [2.45, 2.75) is 33.1 Å². The number of thiophene rings is 1. The Balaban J connectivity index is 1.88. The highest BCUT2D eigenvalue weighted by Crippen LogP contribution is 2.36. The van der Waals surface area contributed by atoms with Gasteiger partial charge in [0.1, 0.15) is 0 Å². The van der Waals surface area contributed by atoms with Gasteiger partial charge in [-0.15, -0.1) is 11.3 Å². The molecule has 1 unspecified atom stereocenters. The fourth-order valence-corrected chi connectivity index (χ4v) is 4.75. The first kappa shape index (κ1) is 19.6. The van der Waals surface area contributed by atoms with E-state index >= 15 is 0 Å². The molecule has 1 aliphatic heterocycles.